The lowest BCUT2D eigenvalue weighted by atomic mass is 10.4. The van der Waals surface area contributed by atoms with Crippen LogP contribution in [-0.4, -0.2) is 45.1 Å². The molecule has 2 aromatic rings. The summed E-state index contributed by atoms with van der Waals surface area (Å²) in [4.78, 5) is 47.5. The number of fused-ring (bicyclic) bond motifs is 1. The average Bonchev–Trinajstić information content (AvgIpc) is 2.27. The minimum atomic E-state index is -1.51. The van der Waals surface area contributed by atoms with Gasteiger partial charge in [-0.2, -0.15) is 4.98 Å². The van der Waals surface area contributed by atoms with Crippen molar-refractivity contribution in [2.45, 2.75) is 0 Å². The first-order valence-corrected chi connectivity index (χ1v) is 4.85. The monoisotopic (exact) mass is 251 g/mol. The molecule has 2 rings (SSSR count). The molecular weight excluding hydrogens is 242 g/mol. The molecule has 0 saturated heterocycles. The van der Waals surface area contributed by atoms with Gasteiger partial charge in [-0.15, -0.1) is 0 Å². The highest BCUT2D eigenvalue weighted by Gasteiger charge is 2.15. The van der Waals surface area contributed by atoms with Gasteiger partial charge in [-0.05, 0) is 0 Å². The lowest BCUT2D eigenvalue weighted by molar-refractivity contribution is 0.0689. The van der Waals surface area contributed by atoms with E-state index in [-0.39, 0.29) is 17.1 Å². The van der Waals surface area contributed by atoms with Gasteiger partial charge in [0.05, 0.1) is 0 Å². The van der Waals surface area contributed by atoms with Crippen LogP contribution in [0.5, 0.6) is 0 Å². The summed E-state index contributed by atoms with van der Waals surface area (Å²) in [6.07, 6.45) is 0. The van der Waals surface area contributed by atoms with Gasteiger partial charge in [0.2, 0.25) is 11.6 Å². The van der Waals surface area contributed by atoms with Crippen molar-refractivity contribution in [1.82, 2.24) is 19.9 Å². The Hall–Kier alpha value is -2.71. The predicted molar refractivity (Wildman–Crippen MR) is 62.1 cm³/mol. The van der Waals surface area contributed by atoms with Crippen LogP contribution in [0.2, 0.25) is 0 Å². The van der Waals surface area contributed by atoms with E-state index in [0.29, 0.717) is 0 Å². The van der Waals surface area contributed by atoms with E-state index in [2.05, 4.69) is 19.9 Å². The molecule has 0 unspecified atom stereocenters. The first-order chi connectivity index (χ1) is 8.40. The van der Waals surface area contributed by atoms with E-state index in [1.54, 1.807) is 14.1 Å². The number of H-pyrrole nitrogens is 2. The Morgan fingerprint density at radius 2 is 1.83 bits per heavy atom. The third-order valence-electron chi connectivity index (χ3n) is 2.18. The van der Waals surface area contributed by atoms with Crippen molar-refractivity contribution in [1.29, 1.82) is 0 Å². The van der Waals surface area contributed by atoms with Gasteiger partial charge in [0.25, 0.3) is 11.1 Å². The number of aromatic carboxylic acids is 1. The molecule has 0 aliphatic heterocycles. The number of nitrogens with one attached hydrogen (secondary N) is 2. The fourth-order valence-corrected chi connectivity index (χ4v) is 1.33. The van der Waals surface area contributed by atoms with E-state index < -0.39 is 22.8 Å². The third-order valence-corrected chi connectivity index (χ3v) is 2.18. The van der Waals surface area contributed by atoms with Crippen molar-refractivity contribution in [3.05, 3.63) is 26.4 Å². The molecule has 0 spiro atoms. The summed E-state index contributed by atoms with van der Waals surface area (Å²) in [5.41, 5.74) is -2.55. The number of hydrogen-bond donors (Lipinski definition) is 3. The van der Waals surface area contributed by atoms with E-state index in [1.807, 2.05) is 0 Å². The molecule has 9 nitrogen and oxygen atoms in total. The minimum absolute atomic E-state index is 0.0579. The second kappa shape index (κ2) is 3.95. The highest BCUT2D eigenvalue weighted by Crippen LogP contribution is 2.04. The Kier molecular flexibility index (Phi) is 2.58. The zero-order valence-electron chi connectivity index (χ0n) is 9.51. The van der Waals surface area contributed by atoms with Crippen molar-refractivity contribution in [3.8, 4) is 0 Å². The Bertz CT molecular complexity index is 745. The molecule has 0 fully saturated rings. The lowest BCUT2D eigenvalue weighted by Crippen LogP contribution is -2.25. The highest BCUT2D eigenvalue weighted by molar-refractivity contribution is 5.87. The van der Waals surface area contributed by atoms with Crippen LogP contribution in [0, 0.1) is 0 Å². The number of aromatic nitrogens is 4. The van der Waals surface area contributed by atoms with Gasteiger partial charge in [-0.3, -0.25) is 14.6 Å². The molecule has 3 N–H and O–H groups in total. The fourth-order valence-electron chi connectivity index (χ4n) is 1.33. The fraction of sp³-hybridized carbons (Fsp3) is 0.222. The SMILES string of the molecule is CN(C)c1nc2[nH]c(=O)c(C(=O)O)nc2c(=O)[nH]1. The molecule has 94 valence electrons. The Balaban J connectivity index is 2.85. The van der Waals surface area contributed by atoms with Crippen molar-refractivity contribution < 1.29 is 9.90 Å². The quantitative estimate of drug-likeness (QED) is 0.608. The summed E-state index contributed by atoms with van der Waals surface area (Å²) in [5.74, 6) is -1.28. The van der Waals surface area contributed by atoms with Crippen LogP contribution in [0.3, 0.4) is 0 Å². The number of aromatic amines is 2. The van der Waals surface area contributed by atoms with Gasteiger partial charge >= 0.3 is 5.97 Å². The first kappa shape index (κ1) is 11.8. The van der Waals surface area contributed by atoms with Gasteiger partial charge < -0.3 is 15.0 Å². The van der Waals surface area contributed by atoms with Gasteiger partial charge in [-0.1, -0.05) is 0 Å². The largest absolute Gasteiger partial charge is 0.476 e. The summed E-state index contributed by atoms with van der Waals surface area (Å²) < 4.78 is 0. The Labute approximate surface area is 99.1 Å². The summed E-state index contributed by atoms with van der Waals surface area (Å²) >= 11 is 0. The molecule has 18 heavy (non-hydrogen) atoms. The van der Waals surface area contributed by atoms with E-state index >= 15 is 0 Å². The van der Waals surface area contributed by atoms with Gasteiger partial charge in [-0.25, -0.2) is 9.78 Å². The number of carboxylic acids is 1. The van der Waals surface area contributed by atoms with Crippen LogP contribution < -0.4 is 16.0 Å². The van der Waals surface area contributed by atoms with Crippen LogP contribution in [0.25, 0.3) is 11.2 Å². The number of carbonyl (C=O) groups is 1. The summed E-state index contributed by atoms with van der Waals surface area (Å²) in [6.45, 7) is 0. The molecule has 0 aliphatic carbocycles. The number of anilines is 1. The summed E-state index contributed by atoms with van der Waals surface area (Å²) in [5, 5.41) is 8.74. The predicted octanol–water partition coefficient (Wildman–Crippen LogP) is -1.23. The smallest absolute Gasteiger partial charge is 0.360 e. The van der Waals surface area contributed by atoms with E-state index in [9.17, 15) is 14.4 Å². The van der Waals surface area contributed by atoms with E-state index in [0.717, 1.165) is 0 Å². The van der Waals surface area contributed by atoms with Crippen LogP contribution in [0.4, 0.5) is 5.95 Å². The van der Waals surface area contributed by atoms with Crippen molar-refractivity contribution in [2.24, 2.45) is 0 Å². The van der Waals surface area contributed by atoms with E-state index in [1.165, 1.54) is 4.90 Å². The van der Waals surface area contributed by atoms with Crippen LogP contribution in [0.15, 0.2) is 9.59 Å². The third kappa shape index (κ3) is 1.81. The highest BCUT2D eigenvalue weighted by atomic mass is 16.4. The molecule has 0 radical (unpaired) electrons. The van der Waals surface area contributed by atoms with Gasteiger partial charge in [0.1, 0.15) is 0 Å². The lowest BCUT2D eigenvalue weighted by Gasteiger charge is -2.10. The number of rotatable bonds is 2. The van der Waals surface area contributed by atoms with Gasteiger partial charge in [0.15, 0.2) is 11.2 Å². The molecule has 9 heteroatoms. The molecule has 0 aromatic carbocycles. The standard InChI is InChI=1S/C9H9N5O4/c1-14(2)9-12-5-3(6(15)13-9)10-4(8(17)18)7(16)11-5/h1-2H3,(H,17,18)(H2,11,12,13,15,16). The molecule has 0 bridgehead atoms. The van der Waals surface area contributed by atoms with Crippen LogP contribution in [0.1, 0.15) is 10.5 Å². The zero-order chi connectivity index (χ0) is 13.4. The van der Waals surface area contributed by atoms with Crippen molar-refractivity contribution >= 4 is 23.1 Å². The van der Waals surface area contributed by atoms with Crippen molar-refractivity contribution in [2.75, 3.05) is 19.0 Å². The molecule has 0 atom stereocenters. The van der Waals surface area contributed by atoms with Gasteiger partial charge in [0, 0.05) is 14.1 Å². The maximum atomic E-state index is 11.7. The maximum Gasteiger partial charge on any atom is 0.360 e. The topological polar surface area (TPSA) is 132 Å². The average molecular weight is 251 g/mol. The first-order valence-electron chi connectivity index (χ1n) is 4.85. The Morgan fingerprint density at radius 3 is 2.39 bits per heavy atom. The molecule has 0 aliphatic rings. The molecule has 0 saturated carbocycles. The summed E-state index contributed by atoms with van der Waals surface area (Å²) in [7, 11) is 3.31. The summed E-state index contributed by atoms with van der Waals surface area (Å²) in [6, 6.07) is 0. The van der Waals surface area contributed by atoms with Crippen LogP contribution in [-0.2, 0) is 0 Å². The van der Waals surface area contributed by atoms with E-state index in [4.69, 9.17) is 5.11 Å². The van der Waals surface area contributed by atoms with Crippen LogP contribution >= 0.6 is 0 Å². The maximum absolute atomic E-state index is 11.7. The zero-order valence-corrected chi connectivity index (χ0v) is 9.51. The number of nitrogens with zero attached hydrogens (tertiary/aromatic N) is 3. The normalized spacial score (nSPS) is 10.6. The minimum Gasteiger partial charge on any atom is -0.476 e. The Morgan fingerprint density at radius 1 is 1.17 bits per heavy atom. The molecule has 0 amide bonds. The number of carboxylic acid groups (broad SMARTS) is 1. The second-order valence-electron chi connectivity index (χ2n) is 3.70. The molecular formula is C9H9N5O4. The second-order valence-corrected chi connectivity index (χ2v) is 3.70. The van der Waals surface area contributed by atoms with Crippen molar-refractivity contribution in [3.63, 3.8) is 0 Å². The molecule has 2 aromatic heterocycles. The number of hydrogen-bond acceptors (Lipinski definition) is 6. The molecule has 2 heterocycles.